The smallest absolute Gasteiger partial charge is 0.340 e. The van der Waals surface area contributed by atoms with Crippen LogP contribution in [0.5, 0.6) is 0 Å². The van der Waals surface area contributed by atoms with Gasteiger partial charge in [-0.3, -0.25) is 0 Å². The van der Waals surface area contributed by atoms with Gasteiger partial charge < -0.3 is 15.4 Å². The van der Waals surface area contributed by atoms with Crippen LogP contribution in [-0.2, 0) is 4.74 Å². The largest absolute Gasteiger partial charge is 0.465 e. The van der Waals surface area contributed by atoms with Crippen LogP contribution in [0.1, 0.15) is 37.6 Å². The summed E-state index contributed by atoms with van der Waals surface area (Å²) >= 11 is 0. The number of anilines is 2. The maximum absolute atomic E-state index is 11.7. The van der Waals surface area contributed by atoms with E-state index in [1.165, 1.54) is 13.5 Å². The first-order valence-corrected chi connectivity index (χ1v) is 7.05. The van der Waals surface area contributed by atoms with Crippen molar-refractivity contribution >= 4 is 17.3 Å². The van der Waals surface area contributed by atoms with Crippen molar-refractivity contribution in [2.75, 3.05) is 30.8 Å². The standard InChI is InChI=1S/C16H24N2O2/c1-16(2,3)11-7-8-18(10-11)12-5-6-14(17)13(9-12)15(19)20-4/h5-6,9,11H,7-8,10,17H2,1-4H3. The highest BCUT2D eigenvalue weighted by Crippen LogP contribution is 2.36. The molecule has 1 atom stereocenters. The molecule has 0 aromatic heterocycles. The van der Waals surface area contributed by atoms with E-state index in [1.807, 2.05) is 12.1 Å². The summed E-state index contributed by atoms with van der Waals surface area (Å²) in [6, 6.07) is 5.60. The summed E-state index contributed by atoms with van der Waals surface area (Å²) in [6.07, 6.45) is 1.18. The first kappa shape index (κ1) is 14.7. The zero-order chi connectivity index (χ0) is 14.9. The second-order valence-electron chi connectivity index (χ2n) is 6.56. The predicted octanol–water partition coefficient (Wildman–Crippen LogP) is 2.93. The Hall–Kier alpha value is -1.71. The Kier molecular flexibility index (Phi) is 3.93. The molecule has 0 bridgehead atoms. The second kappa shape index (κ2) is 5.35. The first-order valence-electron chi connectivity index (χ1n) is 7.05. The Morgan fingerprint density at radius 2 is 2.10 bits per heavy atom. The van der Waals surface area contributed by atoms with Crippen LogP contribution in [0.15, 0.2) is 18.2 Å². The maximum Gasteiger partial charge on any atom is 0.340 e. The summed E-state index contributed by atoms with van der Waals surface area (Å²) < 4.78 is 4.77. The fraction of sp³-hybridized carbons (Fsp3) is 0.562. The molecule has 0 amide bonds. The average Bonchev–Trinajstić information content (AvgIpc) is 2.88. The number of nitrogens with two attached hydrogens (primary N) is 1. The molecule has 1 aliphatic rings. The van der Waals surface area contributed by atoms with E-state index < -0.39 is 0 Å². The summed E-state index contributed by atoms with van der Waals surface area (Å²) in [4.78, 5) is 14.0. The number of methoxy groups -OCH3 is 1. The normalized spacial score (nSPS) is 19.2. The van der Waals surface area contributed by atoms with Crippen LogP contribution in [0.4, 0.5) is 11.4 Å². The zero-order valence-electron chi connectivity index (χ0n) is 12.8. The number of hydrogen-bond acceptors (Lipinski definition) is 4. The maximum atomic E-state index is 11.7. The molecule has 0 radical (unpaired) electrons. The molecular weight excluding hydrogens is 252 g/mol. The number of nitrogen functional groups attached to an aromatic ring is 1. The lowest BCUT2D eigenvalue weighted by molar-refractivity contribution is 0.0602. The van der Waals surface area contributed by atoms with Crippen molar-refractivity contribution in [1.29, 1.82) is 0 Å². The minimum absolute atomic E-state index is 0.313. The lowest BCUT2D eigenvalue weighted by Crippen LogP contribution is -2.26. The van der Waals surface area contributed by atoms with Crippen LogP contribution in [0.2, 0.25) is 0 Å². The van der Waals surface area contributed by atoms with Crippen molar-refractivity contribution in [3.8, 4) is 0 Å². The molecule has 1 heterocycles. The van der Waals surface area contributed by atoms with Gasteiger partial charge in [-0.15, -0.1) is 0 Å². The SMILES string of the molecule is COC(=O)c1cc(N2CCC(C(C)(C)C)C2)ccc1N. The van der Waals surface area contributed by atoms with Gasteiger partial charge in [-0.1, -0.05) is 20.8 Å². The summed E-state index contributed by atoms with van der Waals surface area (Å²) in [5, 5.41) is 0. The van der Waals surface area contributed by atoms with Gasteiger partial charge in [0.05, 0.1) is 12.7 Å². The molecule has 1 fully saturated rings. The Morgan fingerprint density at radius 3 is 2.65 bits per heavy atom. The van der Waals surface area contributed by atoms with E-state index >= 15 is 0 Å². The molecule has 110 valence electrons. The lowest BCUT2D eigenvalue weighted by atomic mass is 9.80. The lowest BCUT2D eigenvalue weighted by Gasteiger charge is -2.27. The second-order valence-corrected chi connectivity index (χ2v) is 6.56. The summed E-state index contributed by atoms with van der Waals surface area (Å²) in [6.45, 7) is 8.89. The highest BCUT2D eigenvalue weighted by Gasteiger charge is 2.32. The molecule has 4 nitrogen and oxygen atoms in total. The van der Waals surface area contributed by atoms with E-state index in [2.05, 4.69) is 25.7 Å². The van der Waals surface area contributed by atoms with E-state index in [4.69, 9.17) is 10.5 Å². The minimum Gasteiger partial charge on any atom is -0.465 e. The number of benzene rings is 1. The third kappa shape index (κ3) is 2.89. The van der Waals surface area contributed by atoms with E-state index in [0.717, 1.165) is 18.8 Å². The van der Waals surface area contributed by atoms with Gasteiger partial charge in [0.15, 0.2) is 0 Å². The Morgan fingerprint density at radius 1 is 1.40 bits per heavy atom. The monoisotopic (exact) mass is 276 g/mol. The summed E-state index contributed by atoms with van der Waals surface area (Å²) in [5.41, 5.74) is 8.12. The third-order valence-electron chi connectivity index (χ3n) is 4.22. The van der Waals surface area contributed by atoms with Gasteiger partial charge in [0.2, 0.25) is 0 Å². The van der Waals surface area contributed by atoms with Crippen molar-refractivity contribution in [3.05, 3.63) is 23.8 Å². The third-order valence-corrected chi connectivity index (χ3v) is 4.22. The van der Waals surface area contributed by atoms with Gasteiger partial charge in [-0.05, 0) is 36.0 Å². The molecule has 20 heavy (non-hydrogen) atoms. The number of carbonyl (C=O) groups excluding carboxylic acids is 1. The molecule has 2 N–H and O–H groups in total. The Bertz CT molecular complexity index is 506. The highest BCUT2D eigenvalue weighted by molar-refractivity contribution is 5.96. The number of nitrogens with zero attached hydrogens (tertiary/aromatic N) is 1. The van der Waals surface area contributed by atoms with Crippen LogP contribution in [0.25, 0.3) is 0 Å². The molecule has 1 saturated heterocycles. The highest BCUT2D eigenvalue weighted by atomic mass is 16.5. The van der Waals surface area contributed by atoms with Gasteiger partial charge in [0.1, 0.15) is 0 Å². The molecule has 0 aliphatic carbocycles. The van der Waals surface area contributed by atoms with Crippen LogP contribution < -0.4 is 10.6 Å². The topological polar surface area (TPSA) is 55.6 Å². The van der Waals surface area contributed by atoms with Crippen molar-refractivity contribution < 1.29 is 9.53 Å². The molecular formula is C16H24N2O2. The van der Waals surface area contributed by atoms with Crippen LogP contribution in [0.3, 0.4) is 0 Å². The van der Waals surface area contributed by atoms with Crippen LogP contribution in [-0.4, -0.2) is 26.2 Å². The molecule has 1 aromatic carbocycles. The predicted molar refractivity (Wildman–Crippen MR) is 82.0 cm³/mol. The van der Waals surface area contributed by atoms with Gasteiger partial charge in [-0.25, -0.2) is 4.79 Å². The summed E-state index contributed by atoms with van der Waals surface area (Å²) in [7, 11) is 1.37. The van der Waals surface area contributed by atoms with Gasteiger partial charge in [0, 0.05) is 24.5 Å². The van der Waals surface area contributed by atoms with Crippen LogP contribution >= 0.6 is 0 Å². The van der Waals surface area contributed by atoms with Crippen molar-refractivity contribution in [2.45, 2.75) is 27.2 Å². The molecule has 1 aliphatic heterocycles. The van der Waals surface area contributed by atoms with Crippen LogP contribution in [0, 0.1) is 11.3 Å². The van der Waals surface area contributed by atoms with Crippen molar-refractivity contribution in [2.24, 2.45) is 11.3 Å². The molecule has 2 rings (SSSR count). The Balaban J connectivity index is 2.21. The number of rotatable bonds is 2. The van der Waals surface area contributed by atoms with E-state index in [0.29, 0.717) is 22.6 Å². The van der Waals surface area contributed by atoms with Crippen molar-refractivity contribution in [1.82, 2.24) is 0 Å². The quantitative estimate of drug-likeness (QED) is 0.666. The number of ether oxygens (including phenoxy) is 1. The summed E-state index contributed by atoms with van der Waals surface area (Å²) in [5.74, 6) is 0.289. The van der Waals surface area contributed by atoms with Gasteiger partial charge >= 0.3 is 5.97 Å². The van der Waals surface area contributed by atoms with Gasteiger partial charge in [-0.2, -0.15) is 0 Å². The molecule has 1 unspecified atom stereocenters. The molecule has 1 aromatic rings. The van der Waals surface area contributed by atoms with Gasteiger partial charge in [0.25, 0.3) is 0 Å². The Labute approximate surface area is 120 Å². The fourth-order valence-electron chi connectivity index (χ4n) is 2.73. The number of carbonyl (C=O) groups is 1. The molecule has 0 spiro atoms. The van der Waals surface area contributed by atoms with E-state index in [1.54, 1.807) is 6.07 Å². The zero-order valence-corrected chi connectivity index (χ0v) is 12.8. The minimum atomic E-state index is -0.379. The first-order chi connectivity index (χ1) is 9.32. The fourth-order valence-corrected chi connectivity index (χ4v) is 2.73. The molecule has 0 saturated carbocycles. The number of esters is 1. The molecule has 4 heteroatoms. The average molecular weight is 276 g/mol. The van der Waals surface area contributed by atoms with E-state index in [9.17, 15) is 4.79 Å². The van der Waals surface area contributed by atoms with E-state index in [-0.39, 0.29) is 5.97 Å². The van der Waals surface area contributed by atoms with Crippen molar-refractivity contribution in [3.63, 3.8) is 0 Å². The number of hydrogen-bond donors (Lipinski definition) is 1.